The molecule has 2 nitrogen and oxygen atoms in total. The van der Waals surface area contributed by atoms with Gasteiger partial charge in [0, 0.05) is 11.8 Å². The number of ether oxygens (including phenoxy) is 1. The molecule has 1 unspecified atom stereocenters. The fraction of sp³-hybridized carbons (Fsp3) is 0.538. The summed E-state index contributed by atoms with van der Waals surface area (Å²) in [6, 6.07) is 8.77. The molecule has 90 valence electrons. The Kier molecular flexibility index (Phi) is 5.71. The number of nitrogens with one attached hydrogen (secondary N) is 1. The van der Waals surface area contributed by atoms with Crippen molar-refractivity contribution in [3.63, 3.8) is 0 Å². The van der Waals surface area contributed by atoms with Crippen LogP contribution in [0.4, 0.5) is 0 Å². The Bertz CT molecular complexity index is 297. The molecule has 1 aromatic carbocycles. The lowest BCUT2D eigenvalue weighted by Crippen LogP contribution is -2.18. The molecule has 0 aliphatic rings. The third-order valence-corrected chi connectivity index (χ3v) is 3.00. The molecule has 0 amide bonds. The molecular weight excluding hydrogens is 218 g/mol. The van der Waals surface area contributed by atoms with Crippen molar-refractivity contribution >= 4 is 11.8 Å². The molecule has 0 radical (unpaired) electrons. The largest absolute Gasteiger partial charge is 0.491 e. The quantitative estimate of drug-likeness (QED) is 0.824. The van der Waals surface area contributed by atoms with Crippen LogP contribution in [-0.4, -0.2) is 25.2 Å². The predicted molar refractivity (Wildman–Crippen MR) is 72.4 cm³/mol. The highest BCUT2D eigenvalue weighted by Gasteiger charge is 2.08. The van der Waals surface area contributed by atoms with Gasteiger partial charge >= 0.3 is 0 Å². The molecule has 0 saturated carbocycles. The van der Waals surface area contributed by atoms with E-state index in [4.69, 9.17) is 4.74 Å². The highest BCUT2D eigenvalue weighted by atomic mass is 32.2. The van der Waals surface area contributed by atoms with Crippen LogP contribution in [0.1, 0.15) is 25.5 Å². The first kappa shape index (κ1) is 13.4. The smallest absolute Gasteiger partial charge is 0.119 e. The number of rotatable bonds is 6. The number of thioether (sulfide) groups is 1. The van der Waals surface area contributed by atoms with Gasteiger partial charge in [0.05, 0.1) is 6.10 Å². The SMILES string of the molecule is CNC(CSC)c1ccc(OC(C)C)cc1. The van der Waals surface area contributed by atoms with Crippen LogP contribution in [0, 0.1) is 0 Å². The molecule has 1 aromatic rings. The Morgan fingerprint density at radius 2 is 1.88 bits per heavy atom. The third kappa shape index (κ3) is 4.06. The van der Waals surface area contributed by atoms with Gasteiger partial charge in [-0.3, -0.25) is 0 Å². The molecule has 0 aliphatic heterocycles. The maximum absolute atomic E-state index is 5.62. The molecule has 0 saturated heterocycles. The van der Waals surface area contributed by atoms with Gasteiger partial charge in [-0.05, 0) is 44.8 Å². The minimum Gasteiger partial charge on any atom is -0.491 e. The van der Waals surface area contributed by atoms with E-state index in [0.29, 0.717) is 6.04 Å². The summed E-state index contributed by atoms with van der Waals surface area (Å²) >= 11 is 1.85. The highest BCUT2D eigenvalue weighted by molar-refractivity contribution is 7.98. The van der Waals surface area contributed by atoms with Crippen LogP contribution in [0.15, 0.2) is 24.3 Å². The van der Waals surface area contributed by atoms with Crippen LogP contribution < -0.4 is 10.1 Å². The standard InChI is InChI=1S/C13H21NOS/c1-10(2)15-12-7-5-11(6-8-12)13(14-3)9-16-4/h5-8,10,13-14H,9H2,1-4H3. The summed E-state index contributed by atoms with van der Waals surface area (Å²) in [6.45, 7) is 4.08. The highest BCUT2D eigenvalue weighted by Crippen LogP contribution is 2.20. The van der Waals surface area contributed by atoms with Crippen LogP contribution in [0.2, 0.25) is 0 Å². The van der Waals surface area contributed by atoms with Crippen molar-refractivity contribution in [2.75, 3.05) is 19.1 Å². The molecule has 0 spiro atoms. The Labute approximate surface area is 103 Å². The lowest BCUT2D eigenvalue weighted by Gasteiger charge is -2.16. The average Bonchev–Trinajstić information content (AvgIpc) is 2.26. The second-order valence-electron chi connectivity index (χ2n) is 4.03. The Balaban J connectivity index is 2.69. The van der Waals surface area contributed by atoms with Crippen LogP contribution in [0.5, 0.6) is 5.75 Å². The predicted octanol–water partition coefficient (Wildman–Crippen LogP) is 3.10. The second-order valence-corrected chi connectivity index (χ2v) is 4.94. The van der Waals surface area contributed by atoms with E-state index in [1.807, 2.05) is 44.8 Å². The minimum atomic E-state index is 0.233. The molecule has 16 heavy (non-hydrogen) atoms. The van der Waals surface area contributed by atoms with E-state index in [-0.39, 0.29) is 6.10 Å². The maximum Gasteiger partial charge on any atom is 0.119 e. The molecule has 1 rings (SSSR count). The van der Waals surface area contributed by atoms with Gasteiger partial charge in [-0.25, -0.2) is 0 Å². The third-order valence-electron chi connectivity index (χ3n) is 2.34. The molecule has 0 heterocycles. The van der Waals surface area contributed by atoms with Gasteiger partial charge in [-0.1, -0.05) is 12.1 Å². The van der Waals surface area contributed by atoms with E-state index in [1.54, 1.807) is 0 Å². The fourth-order valence-electron chi connectivity index (χ4n) is 1.56. The van der Waals surface area contributed by atoms with Gasteiger partial charge in [-0.15, -0.1) is 0 Å². The van der Waals surface area contributed by atoms with Crippen molar-refractivity contribution < 1.29 is 4.74 Å². The Morgan fingerprint density at radius 1 is 1.25 bits per heavy atom. The van der Waals surface area contributed by atoms with Crippen LogP contribution in [0.25, 0.3) is 0 Å². The monoisotopic (exact) mass is 239 g/mol. The van der Waals surface area contributed by atoms with Crippen molar-refractivity contribution in [1.29, 1.82) is 0 Å². The second kappa shape index (κ2) is 6.81. The molecule has 1 N–H and O–H groups in total. The zero-order valence-electron chi connectivity index (χ0n) is 10.5. The summed E-state index contributed by atoms with van der Waals surface area (Å²) in [5.74, 6) is 2.03. The first-order chi connectivity index (χ1) is 7.67. The van der Waals surface area contributed by atoms with Gasteiger partial charge in [0.1, 0.15) is 5.75 Å². The van der Waals surface area contributed by atoms with Gasteiger partial charge in [0.2, 0.25) is 0 Å². The van der Waals surface area contributed by atoms with E-state index in [2.05, 4.69) is 23.7 Å². The first-order valence-corrected chi connectivity index (χ1v) is 6.99. The van der Waals surface area contributed by atoms with Crippen LogP contribution in [0.3, 0.4) is 0 Å². The van der Waals surface area contributed by atoms with Crippen LogP contribution >= 0.6 is 11.8 Å². The van der Waals surface area contributed by atoms with E-state index < -0.39 is 0 Å². The van der Waals surface area contributed by atoms with Crippen LogP contribution in [-0.2, 0) is 0 Å². The Hall–Kier alpha value is -0.670. The van der Waals surface area contributed by atoms with Gasteiger partial charge in [0.25, 0.3) is 0 Å². The summed E-state index contributed by atoms with van der Waals surface area (Å²) < 4.78 is 5.62. The van der Waals surface area contributed by atoms with Gasteiger partial charge in [-0.2, -0.15) is 11.8 Å². The molecule has 0 fully saturated rings. The zero-order chi connectivity index (χ0) is 12.0. The summed E-state index contributed by atoms with van der Waals surface area (Å²) in [4.78, 5) is 0. The Morgan fingerprint density at radius 3 is 2.31 bits per heavy atom. The molecular formula is C13H21NOS. The molecule has 0 aliphatic carbocycles. The van der Waals surface area contributed by atoms with E-state index in [1.165, 1.54) is 5.56 Å². The number of benzene rings is 1. The molecule has 1 atom stereocenters. The van der Waals surface area contributed by atoms with Crippen molar-refractivity contribution in [1.82, 2.24) is 5.32 Å². The van der Waals surface area contributed by atoms with Crippen molar-refractivity contribution in [2.45, 2.75) is 26.0 Å². The van der Waals surface area contributed by atoms with Gasteiger partial charge < -0.3 is 10.1 Å². The number of hydrogen-bond donors (Lipinski definition) is 1. The molecule has 3 heteroatoms. The van der Waals surface area contributed by atoms with Crippen molar-refractivity contribution in [3.05, 3.63) is 29.8 Å². The summed E-state index contributed by atoms with van der Waals surface area (Å²) in [5.41, 5.74) is 1.31. The van der Waals surface area contributed by atoms with E-state index >= 15 is 0 Å². The summed E-state index contributed by atoms with van der Waals surface area (Å²) in [7, 11) is 2.00. The normalized spacial score (nSPS) is 12.8. The molecule has 0 aromatic heterocycles. The topological polar surface area (TPSA) is 21.3 Å². The summed E-state index contributed by atoms with van der Waals surface area (Å²) in [5, 5.41) is 3.32. The average molecular weight is 239 g/mol. The molecule has 0 bridgehead atoms. The fourth-order valence-corrected chi connectivity index (χ4v) is 2.26. The maximum atomic E-state index is 5.62. The zero-order valence-corrected chi connectivity index (χ0v) is 11.3. The first-order valence-electron chi connectivity index (χ1n) is 5.60. The lowest BCUT2D eigenvalue weighted by molar-refractivity contribution is 0.242. The summed E-state index contributed by atoms with van der Waals surface area (Å²) in [6.07, 6.45) is 2.36. The number of hydrogen-bond acceptors (Lipinski definition) is 3. The van der Waals surface area contributed by atoms with Gasteiger partial charge in [0.15, 0.2) is 0 Å². The lowest BCUT2D eigenvalue weighted by atomic mass is 10.1. The van der Waals surface area contributed by atoms with E-state index in [9.17, 15) is 0 Å². The van der Waals surface area contributed by atoms with Crippen molar-refractivity contribution in [2.24, 2.45) is 0 Å². The van der Waals surface area contributed by atoms with Crippen molar-refractivity contribution in [3.8, 4) is 5.75 Å². The van der Waals surface area contributed by atoms with E-state index in [0.717, 1.165) is 11.5 Å². The minimum absolute atomic E-state index is 0.233.